The molecule has 8 aromatic heterocycles. The Morgan fingerprint density at radius 2 is 0.347 bits per heavy atom. The van der Waals surface area contributed by atoms with Crippen molar-refractivity contribution in [1.82, 2.24) is 39.9 Å². The second-order valence-corrected chi connectivity index (χ2v) is 48.0. The van der Waals surface area contributed by atoms with Gasteiger partial charge in [-0.2, -0.15) is 0 Å². The highest BCUT2D eigenvalue weighted by atomic mass is 16.3. The normalized spacial score (nSPS) is 21.4. The zero-order chi connectivity index (χ0) is 108. The Hall–Kier alpha value is -8.72. The van der Waals surface area contributed by atoms with Crippen LogP contribution < -0.4 is 39.2 Å². The summed E-state index contributed by atoms with van der Waals surface area (Å²) in [6.07, 6.45) is 32.8. The SMILES string of the molecule is CC(C)c1ccc(N2CCC(C(C)(C)O)CC2)cn1.CC(C)c1ccc(N2CCCC(C(C)O)C2)cn1.CC(C)c1ccc(N2CCC[C@@H](C(C)(C)O)C2)cn1.CC(C)c1ccc(N2CCC[C@@H]([C@@H](C)O)C2)cn1.CC(C)c1ccc(N2CCC[C@@H]([C@H](C)O)C2)cn1.CC(C)c1ccc(N2CCC[C@H](C(C)(C)O)C2)cn1.CC(C)c1ccc(N2CCC[C@H]([C@@H](C)O)C2)cn1.CC(C)c1ccc(N2CCC[C@H]([C@H](C)O)C2)cn1. The third kappa shape index (κ3) is 39.2. The van der Waals surface area contributed by atoms with Crippen molar-refractivity contribution < 1.29 is 40.9 Å². The van der Waals surface area contributed by atoms with Crippen molar-refractivity contribution in [2.24, 2.45) is 47.3 Å². The van der Waals surface area contributed by atoms with Crippen LogP contribution in [0.2, 0.25) is 0 Å². The molecule has 16 heterocycles. The van der Waals surface area contributed by atoms with E-state index in [9.17, 15) is 40.9 Å². The second kappa shape index (κ2) is 58.8. The third-order valence-electron chi connectivity index (χ3n) is 31.9. The van der Waals surface area contributed by atoms with Crippen LogP contribution in [0.15, 0.2) is 147 Å². The van der Waals surface area contributed by atoms with Gasteiger partial charge in [0.05, 0.1) is 142 Å². The van der Waals surface area contributed by atoms with E-state index in [1.54, 1.807) is 0 Å². The maximum absolute atomic E-state index is 10.2. The molecule has 24 heteroatoms. The predicted molar refractivity (Wildman–Crippen MR) is 613 cm³/mol. The Balaban J connectivity index is 0.000000187. The van der Waals surface area contributed by atoms with Crippen LogP contribution in [0.25, 0.3) is 0 Å². The van der Waals surface area contributed by atoms with Crippen molar-refractivity contribution in [3.8, 4) is 0 Å². The van der Waals surface area contributed by atoms with Gasteiger partial charge in [0.2, 0.25) is 0 Å². The van der Waals surface area contributed by atoms with Gasteiger partial charge in [-0.1, -0.05) is 111 Å². The lowest BCUT2D eigenvalue weighted by molar-refractivity contribution is 0.00642. The topological polar surface area (TPSA) is 291 Å². The molecule has 0 saturated carbocycles. The second-order valence-electron chi connectivity index (χ2n) is 48.0. The smallest absolute Gasteiger partial charge is 0.0636 e. The van der Waals surface area contributed by atoms with Gasteiger partial charge in [-0.25, -0.2) is 0 Å². The van der Waals surface area contributed by atoms with Crippen molar-refractivity contribution in [2.45, 2.75) is 384 Å². The van der Waals surface area contributed by atoms with Crippen molar-refractivity contribution in [1.29, 1.82) is 0 Å². The van der Waals surface area contributed by atoms with Crippen LogP contribution in [0.4, 0.5) is 45.5 Å². The lowest BCUT2D eigenvalue weighted by Gasteiger charge is -2.39. The number of hydrogen-bond acceptors (Lipinski definition) is 24. The summed E-state index contributed by atoms with van der Waals surface area (Å²) in [6.45, 7) is 71.7. The number of pyridine rings is 8. The van der Waals surface area contributed by atoms with Crippen LogP contribution in [0.3, 0.4) is 0 Å². The van der Waals surface area contributed by atoms with Crippen LogP contribution in [0, 0.1) is 47.3 Å². The molecule has 8 aliphatic rings. The van der Waals surface area contributed by atoms with Gasteiger partial charge in [0.1, 0.15) is 0 Å². The van der Waals surface area contributed by atoms with Gasteiger partial charge in [-0.05, 0) is 329 Å². The van der Waals surface area contributed by atoms with E-state index in [4.69, 9.17) is 0 Å². The van der Waals surface area contributed by atoms with Crippen molar-refractivity contribution >= 4 is 45.5 Å². The third-order valence-corrected chi connectivity index (χ3v) is 31.9. The quantitative estimate of drug-likeness (QED) is 0.0279. The Morgan fingerprint density at radius 1 is 0.197 bits per heavy atom. The Bertz CT molecular complexity index is 4420. The molecule has 0 aliphatic carbocycles. The number of aliphatic hydroxyl groups is 8. The fourth-order valence-electron chi connectivity index (χ4n) is 21.0. The van der Waals surface area contributed by atoms with Gasteiger partial charge < -0.3 is 80.1 Å². The highest BCUT2D eigenvalue weighted by Crippen LogP contribution is 2.38. The minimum absolute atomic E-state index is 0.212. The summed E-state index contributed by atoms with van der Waals surface area (Å²) < 4.78 is 0. The van der Waals surface area contributed by atoms with Gasteiger partial charge in [-0.3, -0.25) is 39.9 Å². The predicted octanol–water partition coefficient (Wildman–Crippen LogP) is 23.6. The van der Waals surface area contributed by atoms with E-state index in [1.165, 1.54) is 45.5 Å². The summed E-state index contributed by atoms with van der Waals surface area (Å²) in [5, 5.41) is 79.0. The molecule has 8 N–H and O–H groups in total. The summed E-state index contributed by atoms with van der Waals surface area (Å²) in [6, 6.07) is 34.2. The minimum Gasteiger partial charge on any atom is -0.393 e. The molecular weight excluding hydrogens is 1830 g/mol. The van der Waals surface area contributed by atoms with Crippen LogP contribution in [0.5, 0.6) is 0 Å². The van der Waals surface area contributed by atoms with Crippen LogP contribution in [-0.2, 0) is 0 Å². The molecule has 147 heavy (non-hydrogen) atoms. The molecule has 24 nitrogen and oxygen atoms in total. The summed E-state index contributed by atoms with van der Waals surface area (Å²) in [5.74, 6) is 6.86. The first-order chi connectivity index (χ1) is 69.5. The number of nitrogens with zero attached hydrogens (tertiary/aromatic N) is 16. The maximum atomic E-state index is 10.2. The zero-order valence-electron chi connectivity index (χ0n) is 95.8. The summed E-state index contributed by atoms with van der Waals surface area (Å²) >= 11 is 0. The number of anilines is 8. The Kier molecular flexibility index (Phi) is 48.7. The van der Waals surface area contributed by atoms with E-state index in [2.05, 4.69) is 287 Å². The zero-order valence-corrected chi connectivity index (χ0v) is 95.8. The highest BCUT2D eigenvalue weighted by molar-refractivity contribution is 5.52. The Morgan fingerprint density at radius 3 is 0.483 bits per heavy atom. The van der Waals surface area contributed by atoms with E-state index in [0.717, 1.165) is 253 Å². The fraction of sp³-hybridized carbons (Fsp3) is 0.675. The van der Waals surface area contributed by atoms with Gasteiger partial charge in [0.15, 0.2) is 0 Å². The molecule has 0 amide bonds. The number of piperidine rings is 8. The molecule has 8 fully saturated rings. The van der Waals surface area contributed by atoms with Gasteiger partial charge in [0, 0.05) is 192 Å². The first kappa shape index (κ1) is 122. The highest BCUT2D eigenvalue weighted by Gasteiger charge is 2.37. The molecule has 0 radical (unpaired) electrons. The average molecular weight is 2030 g/mol. The molecule has 2 unspecified atom stereocenters. The van der Waals surface area contributed by atoms with Gasteiger partial charge in [-0.15, -0.1) is 0 Å². The monoisotopic (exact) mass is 2030 g/mol. The van der Waals surface area contributed by atoms with E-state index < -0.39 is 16.8 Å². The molecule has 12 atom stereocenters. The number of hydrogen-bond donors (Lipinski definition) is 8. The Labute approximate surface area is 888 Å². The van der Waals surface area contributed by atoms with E-state index >= 15 is 0 Å². The first-order valence-corrected chi connectivity index (χ1v) is 56.8. The number of aliphatic hydroxyl groups excluding tert-OH is 5. The van der Waals surface area contributed by atoms with Crippen molar-refractivity contribution in [3.63, 3.8) is 0 Å². The summed E-state index contributed by atoms with van der Waals surface area (Å²) in [7, 11) is 0. The van der Waals surface area contributed by atoms with Crippen molar-refractivity contribution in [2.75, 3.05) is 144 Å². The molecule has 0 aromatic carbocycles. The lowest BCUT2D eigenvalue weighted by Crippen LogP contribution is -2.44. The van der Waals surface area contributed by atoms with E-state index in [-0.39, 0.29) is 30.5 Å². The van der Waals surface area contributed by atoms with Gasteiger partial charge in [0.25, 0.3) is 0 Å². The number of aromatic nitrogens is 8. The summed E-state index contributed by atoms with van der Waals surface area (Å²) in [5.41, 5.74) is 16.9. The molecule has 0 bridgehead atoms. The van der Waals surface area contributed by atoms with Crippen LogP contribution >= 0.6 is 0 Å². The average Bonchev–Trinajstić information content (AvgIpc) is 0.834. The first-order valence-electron chi connectivity index (χ1n) is 56.8. The molecular formula is C123H198N16O8. The molecule has 8 saturated heterocycles. The summed E-state index contributed by atoms with van der Waals surface area (Å²) in [4.78, 5) is 55.0. The molecule has 8 aliphatic heterocycles. The standard InChI is InChI=1S/3C16H26N2O.5C15H24N2O/c1-12(2)15-6-5-14(11-17-15)18-9-7-13(8-10-18)16(3,4)19;2*1-12(2)15-8-7-14(10-17-15)18-9-5-6-13(11-18)16(3,4)19;5*1-11(2)15-7-6-14(9-16-15)17-8-4-5-13(10-17)12(3)18/h5-6,11-13,19H,7-10H2,1-4H3;2*7-8,10,12-13,19H,5-6,9,11H2,1-4H3;5*6-7,9,11-13,18H,4-5,8,10H2,1-3H3/t;2*13-;2*12-,13+;2*12-,13-;/m.101010./s1. The lowest BCUT2D eigenvalue weighted by atomic mass is 9.83. The van der Waals surface area contributed by atoms with Gasteiger partial charge >= 0.3 is 0 Å². The molecule has 16 rings (SSSR count). The molecule has 8 aromatic rings. The molecule has 0 spiro atoms. The van der Waals surface area contributed by atoms with Crippen LogP contribution in [0.1, 0.15) is 383 Å². The molecule has 818 valence electrons. The fourth-order valence-corrected chi connectivity index (χ4v) is 21.0. The van der Waals surface area contributed by atoms with E-state index in [0.29, 0.717) is 94.7 Å². The van der Waals surface area contributed by atoms with Crippen LogP contribution in [-0.4, -0.2) is 233 Å². The van der Waals surface area contributed by atoms with Crippen molar-refractivity contribution in [3.05, 3.63) is 192 Å². The minimum atomic E-state index is -0.593. The maximum Gasteiger partial charge on any atom is 0.0636 e. The largest absolute Gasteiger partial charge is 0.393 e. The number of rotatable bonds is 24. The van der Waals surface area contributed by atoms with E-state index in [1.807, 2.05) is 126 Å².